The Hall–Kier alpha value is -3.35. The third-order valence-electron chi connectivity index (χ3n) is 4.43. The highest BCUT2D eigenvalue weighted by Crippen LogP contribution is 2.33. The number of ether oxygens (including phenoxy) is 3. The highest BCUT2D eigenvalue weighted by atomic mass is 16.7. The third-order valence-corrected chi connectivity index (χ3v) is 4.43. The van der Waals surface area contributed by atoms with E-state index in [1.54, 1.807) is 37.3 Å². The molecular formula is C19H15NO6. The molecule has 2 heterocycles. The van der Waals surface area contributed by atoms with Crippen LogP contribution in [0.5, 0.6) is 11.5 Å². The van der Waals surface area contributed by atoms with E-state index >= 15 is 0 Å². The molecule has 1 amide bonds. The maximum absolute atomic E-state index is 12.3. The van der Waals surface area contributed by atoms with Crippen molar-refractivity contribution in [1.82, 2.24) is 0 Å². The number of benzene rings is 2. The molecule has 0 saturated heterocycles. The lowest BCUT2D eigenvalue weighted by Gasteiger charge is -2.07. The number of anilines is 1. The smallest absolute Gasteiger partial charge is 0.338 e. The zero-order valence-corrected chi connectivity index (χ0v) is 13.9. The molecule has 26 heavy (non-hydrogen) atoms. The maximum atomic E-state index is 12.3. The topological polar surface area (TPSA) is 90.9 Å². The second-order valence-electron chi connectivity index (χ2n) is 6.08. The summed E-state index contributed by atoms with van der Waals surface area (Å²) >= 11 is 0. The van der Waals surface area contributed by atoms with E-state index < -0.39 is 5.97 Å². The minimum absolute atomic E-state index is 0.0983. The summed E-state index contributed by atoms with van der Waals surface area (Å²) in [6.45, 7) is 1.50. The van der Waals surface area contributed by atoms with E-state index in [0.717, 1.165) is 5.56 Å². The summed E-state index contributed by atoms with van der Waals surface area (Å²) in [5.41, 5.74) is 2.14. The monoisotopic (exact) mass is 353 g/mol. The Morgan fingerprint density at radius 1 is 1.12 bits per heavy atom. The van der Waals surface area contributed by atoms with Crippen LogP contribution in [-0.2, 0) is 9.53 Å². The molecule has 2 aromatic rings. The van der Waals surface area contributed by atoms with Gasteiger partial charge in [-0.3, -0.25) is 9.59 Å². The highest BCUT2D eigenvalue weighted by Gasteiger charge is 2.27. The van der Waals surface area contributed by atoms with Crippen molar-refractivity contribution in [3.8, 4) is 11.5 Å². The maximum Gasteiger partial charge on any atom is 0.338 e. The van der Waals surface area contributed by atoms with Crippen molar-refractivity contribution in [2.24, 2.45) is 0 Å². The number of esters is 1. The van der Waals surface area contributed by atoms with E-state index in [0.29, 0.717) is 22.7 Å². The van der Waals surface area contributed by atoms with Gasteiger partial charge in [0.25, 0.3) is 0 Å². The van der Waals surface area contributed by atoms with Crippen LogP contribution < -0.4 is 14.8 Å². The second kappa shape index (κ2) is 6.18. The number of rotatable bonds is 4. The molecule has 4 rings (SSSR count). The number of nitrogens with one attached hydrogen (secondary N) is 1. The van der Waals surface area contributed by atoms with Crippen molar-refractivity contribution in [3.63, 3.8) is 0 Å². The first-order valence-corrected chi connectivity index (χ1v) is 8.08. The summed E-state index contributed by atoms with van der Waals surface area (Å²) in [4.78, 5) is 36.1. The van der Waals surface area contributed by atoms with Gasteiger partial charge in [-0.05, 0) is 48.9 Å². The van der Waals surface area contributed by atoms with Crippen LogP contribution in [0, 0.1) is 0 Å². The molecule has 0 fully saturated rings. The number of Topliss-reactive ketones (excluding diaryl/α,β-unsaturated/α-hetero) is 1. The largest absolute Gasteiger partial charge is 0.454 e. The first-order chi connectivity index (χ1) is 12.5. The number of ketones is 1. The zero-order chi connectivity index (χ0) is 18.3. The molecule has 2 aliphatic rings. The van der Waals surface area contributed by atoms with Crippen LogP contribution in [0.15, 0.2) is 36.4 Å². The zero-order valence-electron chi connectivity index (χ0n) is 13.9. The van der Waals surface area contributed by atoms with E-state index in [1.165, 1.54) is 6.07 Å². The van der Waals surface area contributed by atoms with Gasteiger partial charge in [0.05, 0.1) is 11.5 Å². The van der Waals surface area contributed by atoms with Gasteiger partial charge in [0.15, 0.2) is 23.9 Å². The minimum atomic E-state index is -0.622. The normalized spacial score (nSPS) is 16.8. The fourth-order valence-corrected chi connectivity index (χ4v) is 2.91. The summed E-state index contributed by atoms with van der Waals surface area (Å²) in [5, 5.41) is 2.75. The number of hydrogen-bond donors (Lipinski definition) is 1. The average Bonchev–Trinajstić information content (AvgIpc) is 3.23. The molecule has 7 nitrogen and oxygen atoms in total. The number of fused-ring (bicyclic) bond motifs is 2. The minimum Gasteiger partial charge on any atom is -0.454 e. The van der Waals surface area contributed by atoms with Gasteiger partial charge in [0.1, 0.15) is 0 Å². The molecule has 0 bridgehead atoms. The van der Waals surface area contributed by atoms with Crippen LogP contribution in [0.1, 0.15) is 39.1 Å². The Bertz CT molecular complexity index is 936. The van der Waals surface area contributed by atoms with Gasteiger partial charge < -0.3 is 19.5 Å². The summed E-state index contributed by atoms with van der Waals surface area (Å²) < 4.78 is 15.5. The van der Waals surface area contributed by atoms with Gasteiger partial charge in [-0.25, -0.2) is 4.79 Å². The van der Waals surface area contributed by atoms with Gasteiger partial charge in [0, 0.05) is 11.3 Å². The fraction of sp³-hybridized carbons (Fsp3) is 0.211. The summed E-state index contributed by atoms with van der Waals surface area (Å²) in [7, 11) is 0. The van der Waals surface area contributed by atoms with E-state index in [-0.39, 0.29) is 36.6 Å². The van der Waals surface area contributed by atoms with Crippen LogP contribution in [0.25, 0.3) is 0 Å². The van der Waals surface area contributed by atoms with Gasteiger partial charge in [-0.1, -0.05) is 0 Å². The number of carbonyl (C=O) groups is 3. The Morgan fingerprint density at radius 2 is 1.88 bits per heavy atom. The number of amides is 1. The SMILES string of the molecule is C[C@H]1C(=O)Nc2ccc(C(=O)COC(=O)c3ccc4c(c3)OCO4)cc21. The van der Waals surface area contributed by atoms with Crippen LogP contribution in [-0.4, -0.2) is 31.1 Å². The van der Waals surface area contributed by atoms with Crippen molar-refractivity contribution >= 4 is 23.3 Å². The van der Waals surface area contributed by atoms with Crippen LogP contribution in [0.2, 0.25) is 0 Å². The molecule has 0 radical (unpaired) electrons. The molecule has 0 saturated carbocycles. The second-order valence-corrected chi connectivity index (χ2v) is 6.08. The number of hydrogen-bond acceptors (Lipinski definition) is 6. The Kier molecular flexibility index (Phi) is 3.84. The van der Waals surface area contributed by atoms with Crippen LogP contribution in [0.3, 0.4) is 0 Å². The lowest BCUT2D eigenvalue weighted by molar-refractivity contribution is -0.116. The molecule has 132 valence electrons. The molecule has 0 unspecified atom stereocenters. The predicted octanol–water partition coefficient (Wildman–Crippen LogP) is 2.51. The van der Waals surface area contributed by atoms with Gasteiger partial charge in [-0.15, -0.1) is 0 Å². The molecule has 0 aliphatic carbocycles. The van der Waals surface area contributed by atoms with Crippen LogP contribution >= 0.6 is 0 Å². The van der Waals surface area contributed by atoms with Crippen molar-refractivity contribution in [2.45, 2.75) is 12.8 Å². The van der Waals surface area contributed by atoms with Gasteiger partial charge >= 0.3 is 5.97 Å². The predicted molar refractivity (Wildman–Crippen MR) is 90.7 cm³/mol. The van der Waals surface area contributed by atoms with E-state index in [2.05, 4.69) is 5.32 Å². The first-order valence-electron chi connectivity index (χ1n) is 8.08. The van der Waals surface area contributed by atoms with Crippen LogP contribution in [0.4, 0.5) is 5.69 Å². The summed E-state index contributed by atoms with van der Waals surface area (Å²) in [6.07, 6.45) is 0. The Balaban J connectivity index is 1.43. The first kappa shape index (κ1) is 16.1. The summed E-state index contributed by atoms with van der Waals surface area (Å²) in [6, 6.07) is 9.64. The molecule has 1 N–H and O–H groups in total. The molecule has 2 aromatic carbocycles. The fourth-order valence-electron chi connectivity index (χ4n) is 2.91. The molecule has 2 aliphatic heterocycles. The molecule has 1 atom stereocenters. The van der Waals surface area contributed by atoms with E-state index in [9.17, 15) is 14.4 Å². The molecule has 0 aromatic heterocycles. The van der Waals surface area contributed by atoms with E-state index in [1.807, 2.05) is 0 Å². The van der Waals surface area contributed by atoms with Gasteiger partial charge in [-0.2, -0.15) is 0 Å². The van der Waals surface area contributed by atoms with Crippen molar-refractivity contribution in [2.75, 3.05) is 18.7 Å². The van der Waals surface area contributed by atoms with E-state index in [4.69, 9.17) is 14.2 Å². The average molecular weight is 353 g/mol. The lowest BCUT2D eigenvalue weighted by atomic mass is 9.99. The quantitative estimate of drug-likeness (QED) is 0.671. The highest BCUT2D eigenvalue weighted by molar-refractivity contribution is 6.05. The number of carbonyl (C=O) groups excluding carboxylic acids is 3. The van der Waals surface area contributed by atoms with Crippen molar-refractivity contribution < 1.29 is 28.6 Å². The standard InChI is InChI=1S/C19H15NO6/c1-10-13-6-11(2-4-14(13)20-18(10)22)15(21)8-24-19(23)12-3-5-16-17(7-12)26-9-25-16/h2-7,10H,8-9H2,1H3,(H,20,22)/t10-/m1/s1. The third kappa shape index (κ3) is 2.77. The Labute approximate surface area is 148 Å². The van der Waals surface area contributed by atoms with Crippen molar-refractivity contribution in [1.29, 1.82) is 0 Å². The molecule has 0 spiro atoms. The lowest BCUT2D eigenvalue weighted by Crippen LogP contribution is -2.14. The Morgan fingerprint density at radius 3 is 2.73 bits per heavy atom. The molecular weight excluding hydrogens is 338 g/mol. The van der Waals surface area contributed by atoms with Crippen molar-refractivity contribution in [3.05, 3.63) is 53.1 Å². The molecule has 7 heteroatoms. The summed E-state index contributed by atoms with van der Waals surface area (Å²) in [5.74, 6) is -0.340. The van der Waals surface area contributed by atoms with Gasteiger partial charge in [0.2, 0.25) is 12.7 Å².